The number of thioether (sulfide) groups is 1. The Morgan fingerprint density at radius 3 is 2.04 bits per heavy atom. The first kappa shape index (κ1) is 39.1. The second-order valence-corrected chi connectivity index (χ2v) is 13.5. The first-order valence-corrected chi connectivity index (χ1v) is 17.1. The molecule has 0 aromatic heterocycles. The van der Waals surface area contributed by atoms with Crippen molar-refractivity contribution in [1.82, 2.24) is 21.3 Å². The van der Waals surface area contributed by atoms with Crippen molar-refractivity contribution in [1.29, 1.82) is 0 Å². The van der Waals surface area contributed by atoms with Gasteiger partial charge in [-0.15, -0.1) is 0 Å². The van der Waals surface area contributed by atoms with Crippen LogP contribution in [0.5, 0.6) is 0 Å². The highest BCUT2D eigenvalue weighted by Crippen LogP contribution is 2.33. The van der Waals surface area contributed by atoms with E-state index < -0.39 is 17.3 Å². The van der Waals surface area contributed by atoms with Crippen molar-refractivity contribution in [3.8, 4) is 11.1 Å². The van der Waals surface area contributed by atoms with Gasteiger partial charge >= 0.3 is 12.2 Å². The van der Waals surface area contributed by atoms with Crippen molar-refractivity contribution in [2.45, 2.75) is 76.9 Å². The molecule has 15 heteroatoms. The van der Waals surface area contributed by atoms with Gasteiger partial charge in [-0.2, -0.15) is 24.9 Å². The molecule has 8 N–H and O–H groups in total. The van der Waals surface area contributed by atoms with Crippen molar-refractivity contribution in [2.24, 2.45) is 16.9 Å². The lowest BCUT2D eigenvalue weighted by atomic mass is 9.88. The lowest BCUT2D eigenvalue weighted by Crippen LogP contribution is -2.57. The van der Waals surface area contributed by atoms with Crippen LogP contribution in [0.4, 0.5) is 18.0 Å². The number of urea groups is 1. The largest absolute Gasteiger partial charge is 0.423 e. The van der Waals surface area contributed by atoms with Crippen LogP contribution in [0.2, 0.25) is 0 Å². The number of fused-ring (bicyclic) bond motifs is 1. The Labute approximate surface area is 283 Å². The Morgan fingerprint density at radius 1 is 0.917 bits per heavy atom. The SMILES string of the molecule is CCCCC(=O)NCCOOCCC(C)(C)C(=O)NCc1ccc(-c2ccc(C(N)(N)C(F)(F)F)cc2)cc1.O=C1N[C@H]2CSC[C@H]2N1. The van der Waals surface area contributed by atoms with Crippen molar-refractivity contribution >= 4 is 29.6 Å². The number of carbonyl (C=O) groups excluding carboxylic acids is 3. The van der Waals surface area contributed by atoms with Crippen LogP contribution in [0.3, 0.4) is 0 Å². The second kappa shape index (κ2) is 17.9. The summed E-state index contributed by atoms with van der Waals surface area (Å²) < 4.78 is 39.2. The monoisotopic (exact) mass is 696 g/mol. The van der Waals surface area contributed by atoms with Crippen molar-refractivity contribution in [3.05, 3.63) is 59.7 Å². The molecule has 2 heterocycles. The molecule has 0 spiro atoms. The van der Waals surface area contributed by atoms with Gasteiger partial charge in [-0.05, 0) is 35.1 Å². The van der Waals surface area contributed by atoms with Crippen LogP contribution in [-0.4, -0.2) is 67.4 Å². The molecule has 0 aliphatic carbocycles. The molecule has 4 amide bonds. The summed E-state index contributed by atoms with van der Waals surface area (Å²) in [7, 11) is 0. The van der Waals surface area contributed by atoms with Crippen LogP contribution in [0.25, 0.3) is 11.1 Å². The smallest absolute Gasteiger partial charge is 0.354 e. The van der Waals surface area contributed by atoms with Crippen LogP contribution in [0.1, 0.15) is 57.6 Å². The van der Waals surface area contributed by atoms with E-state index in [1.165, 1.54) is 24.3 Å². The summed E-state index contributed by atoms with van der Waals surface area (Å²) in [6, 6.07) is 13.7. The third kappa shape index (κ3) is 11.7. The second-order valence-electron chi connectivity index (χ2n) is 12.4. The highest BCUT2D eigenvalue weighted by atomic mass is 32.2. The average molecular weight is 697 g/mol. The summed E-state index contributed by atoms with van der Waals surface area (Å²) in [6.45, 7) is 6.75. The number of hydrogen-bond acceptors (Lipinski definition) is 8. The van der Waals surface area contributed by atoms with Gasteiger partial charge in [-0.3, -0.25) is 9.59 Å². The number of carbonyl (C=O) groups is 3. The fourth-order valence-electron chi connectivity index (χ4n) is 4.74. The Bertz CT molecular complexity index is 1330. The third-order valence-corrected chi connectivity index (χ3v) is 9.25. The molecule has 48 heavy (non-hydrogen) atoms. The number of nitrogens with one attached hydrogen (secondary N) is 4. The third-order valence-electron chi connectivity index (χ3n) is 8.06. The number of halogens is 3. The number of nitrogens with two attached hydrogens (primary N) is 2. The van der Waals surface area contributed by atoms with Gasteiger partial charge in [0.1, 0.15) is 0 Å². The van der Waals surface area contributed by atoms with Gasteiger partial charge in [0.25, 0.3) is 0 Å². The van der Waals surface area contributed by atoms with Crippen LogP contribution in [-0.2, 0) is 31.6 Å². The van der Waals surface area contributed by atoms with E-state index in [4.69, 9.17) is 21.2 Å². The summed E-state index contributed by atoms with van der Waals surface area (Å²) in [5.74, 6) is 1.99. The van der Waals surface area contributed by atoms with E-state index >= 15 is 0 Å². The molecule has 2 aliphatic heterocycles. The molecular formula is C33H47F3N6O5S. The van der Waals surface area contributed by atoms with E-state index in [1.54, 1.807) is 0 Å². The zero-order valence-corrected chi connectivity index (χ0v) is 28.4. The van der Waals surface area contributed by atoms with Crippen molar-refractivity contribution in [3.63, 3.8) is 0 Å². The van der Waals surface area contributed by atoms with Gasteiger partial charge in [-0.25, -0.2) is 14.6 Å². The average Bonchev–Trinajstić information content (AvgIpc) is 3.63. The fourth-order valence-corrected chi connectivity index (χ4v) is 6.02. The van der Waals surface area contributed by atoms with E-state index in [9.17, 15) is 27.6 Å². The highest BCUT2D eigenvalue weighted by molar-refractivity contribution is 7.99. The zero-order valence-electron chi connectivity index (χ0n) is 27.6. The maximum absolute atomic E-state index is 13.1. The normalized spacial score (nSPS) is 17.5. The molecule has 0 unspecified atom stereocenters. The Kier molecular flexibility index (Phi) is 14.5. The number of rotatable bonds is 15. The van der Waals surface area contributed by atoms with E-state index in [-0.39, 0.29) is 36.6 Å². The van der Waals surface area contributed by atoms with Crippen LogP contribution in [0, 0.1) is 5.41 Å². The summed E-state index contributed by atoms with van der Waals surface area (Å²) in [5, 5.41) is 11.3. The number of unbranched alkanes of at least 4 members (excludes halogenated alkanes) is 1. The molecule has 0 saturated carbocycles. The predicted molar refractivity (Wildman–Crippen MR) is 179 cm³/mol. The Balaban J connectivity index is 0.000000588. The molecular weight excluding hydrogens is 649 g/mol. The van der Waals surface area contributed by atoms with Crippen LogP contribution >= 0.6 is 11.8 Å². The topological polar surface area (TPSA) is 170 Å². The standard InChI is InChI=1S/C28H39F3N4O4.C5H8N2OS/c1-4-5-6-24(36)34-16-18-39-38-17-15-26(2,3)25(37)35-19-20-7-9-21(10-8-20)22-11-13-23(14-12-22)27(32,33)28(29,30)31;8-5-6-3-1-9-2-4(3)7-5/h7-14H,4-6,15-19,32-33H2,1-3H3,(H,34,36)(H,35,37);3-4H,1-2H2,(H2,6,7,8)/t;3-,4+. The molecule has 2 aromatic carbocycles. The van der Waals surface area contributed by atoms with E-state index in [2.05, 4.69) is 21.3 Å². The van der Waals surface area contributed by atoms with Gasteiger partial charge in [-0.1, -0.05) is 75.7 Å². The Morgan fingerprint density at radius 2 is 1.48 bits per heavy atom. The highest BCUT2D eigenvalue weighted by Gasteiger charge is 2.50. The minimum atomic E-state index is -4.77. The molecule has 0 bridgehead atoms. The molecule has 0 radical (unpaired) electrons. The van der Waals surface area contributed by atoms with E-state index in [1.807, 2.05) is 56.8 Å². The molecule has 4 rings (SSSR count). The molecule has 11 nitrogen and oxygen atoms in total. The summed E-state index contributed by atoms with van der Waals surface area (Å²) in [4.78, 5) is 45.0. The van der Waals surface area contributed by atoms with Gasteiger partial charge in [0, 0.05) is 36.4 Å². The number of benzene rings is 2. The number of hydrogen-bond donors (Lipinski definition) is 6. The Hall–Kier alpha value is -3.37. The lowest BCUT2D eigenvalue weighted by molar-refractivity contribution is -0.295. The maximum atomic E-state index is 13.1. The zero-order chi connectivity index (χ0) is 35.4. The van der Waals surface area contributed by atoms with Gasteiger partial charge in [0.2, 0.25) is 11.8 Å². The maximum Gasteiger partial charge on any atom is 0.423 e. The quantitative estimate of drug-likeness (QED) is 0.0533. The van der Waals surface area contributed by atoms with Crippen LogP contribution < -0.4 is 32.7 Å². The van der Waals surface area contributed by atoms with Gasteiger partial charge < -0.3 is 32.7 Å². The van der Waals surface area contributed by atoms with Crippen molar-refractivity contribution < 1.29 is 37.3 Å². The van der Waals surface area contributed by atoms with Crippen molar-refractivity contribution in [2.75, 3.05) is 31.3 Å². The van der Waals surface area contributed by atoms with E-state index in [0.29, 0.717) is 43.6 Å². The van der Waals surface area contributed by atoms with E-state index in [0.717, 1.165) is 35.5 Å². The molecule has 2 aliphatic rings. The predicted octanol–water partition coefficient (Wildman–Crippen LogP) is 4.06. The molecule has 266 valence electrons. The summed E-state index contributed by atoms with van der Waals surface area (Å²) in [5.41, 5.74) is 9.06. The minimum Gasteiger partial charge on any atom is -0.354 e. The van der Waals surface area contributed by atoms with Gasteiger partial charge in [0.15, 0.2) is 5.66 Å². The van der Waals surface area contributed by atoms with Gasteiger partial charge in [0.05, 0.1) is 25.3 Å². The molecule has 2 atom stereocenters. The molecule has 2 fully saturated rings. The van der Waals surface area contributed by atoms with Crippen LogP contribution in [0.15, 0.2) is 48.5 Å². The molecule has 2 saturated heterocycles. The number of amides is 4. The summed E-state index contributed by atoms with van der Waals surface area (Å²) >= 11 is 1.89. The first-order valence-electron chi connectivity index (χ1n) is 15.9. The minimum absolute atomic E-state index is 0.00491. The lowest BCUT2D eigenvalue weighted by Gasteiger charge is -2.27. The first-order chi connectivity index (χ1) is 22.6. The summed E-state index contributed by atoms with van der Waals surface area (Å²) in [6.07, 6.45) is -2.04. The number of alkyl halides is 3. The fraction of sp³-hybridized carbons (Fsp3) is 0.545. The molecule has 2 aromatic rings.